The van der Waals surface area contributed by atoms with E-state index in [9.17, 15) is 5.26 Å². The average Bonchev–Trinajstić information content (AvgIpc) is 2.93. The molecule has 0 aliphatic carbocycles. The van der Waals surface area contributed by atoms with Crippen LogP contribution in [0.2, 0.25) is 0 Å². The number of nitrogens with zero attached hydrogens (tertiary/aromatic N) is 2. The van der Waals surface area contributed by atoms with Crippen LogP contribution in [0.15, 0.2) is 41.3 Å². The molecule has 0 amide bonds. The van der Waals surface area contributed by atoms with Gasteiger partial charge in [-0.05, 0) is 24.8 Å². The second kappa shape index (κ2) is 5.28. The van der Waals surface area contributed by atoms with Crippen molar-refractivity contribution in [3.63, 3.8) is 0 Å². The highest BCUT2D eigenvalue weighted by molar-refractivity contribution is 7.98. The Morgan fingerprint density at radius 3 is 2.65 bits per heavy atom. The lowest BCUT2D eigenvalue weighted by Gasteiger charge is -2.03. The van der Waals surface area contributed by atoms with Crippen molar-refractivity contribution in [3.05, 3.63) is 47.5 Å². The highest BCUT2D eigenvalue weighted by atomic mass is 32.2. The lowest BCUT2D eigenvalue weighted by molar-refractivity contribution is 1.34. The Morgan fingerprint density at radius 1 is 1.25 bits per heavy atom. The zero-order chi connectivity index (χ0) is 14.1. The Bertz CT molecular complexity index is 814. The van der Waals surface area contributed by atoms with Crippen LogP contribution in [0.1, 0.15) is 11.1 Å². The fourth-order valence-corrected chi connectivity index (χ4v) is 3.87. The maximum atomic E-state index is 9.42. The Hall–Kier alpha value is -1.83. The smallest absolute Gasteiger partial charge is 0.124 e. The van der Waals surface area contributed by atoms with E-state index in [0.717, 1.165) is 25.7 Å². The quantitative estimate of drug-likeness (QED) is 0.633. The Morgan fingerprint density at radius 2 is 2.00 bits per heavy atom. The monoisotopic (exact) mass is 296 g/mol. The summed E-state index contributed by atoms with van der Waals surface area (Å²) in [6.07, 6.45) is 1.99. The molecule has 0 bridgehead atoms. The molecule has 0 spiro atoms. The number of thiazole rings is 1. The van der Waals surface area contributed by atoms with Gasteiger partial charge in [0.25, 0.3) is 0 Å². The zero-order valence-corrected chi connectivity index (χ0v) is 12.8. The summed E-state index contributed by atoms with van der Waals surface area (Å²) in [5.41, 5.74) is 3.81. The number of thioether (sulfide) groups is 1. The lowest BCUT2D eigenvalue weighted by atomic mass is 10.1. The summed E-state index contributed by atoms with van der Waals surface area (Å²) in [4.78, 5) is 5.71. The molecule has 1 aromatic heterocycles. The zero-order valence-electron chi connectivity index (χ0n) is 11.2. The van der Waals surface area contributed by atoms with Gasteiger partial charge in [0.1, 0.15) is 16.6 Å². The van der Waals surface area contributed by atoms with Crippen LogP contribution in [0.4, 0.5) is 0 Å². The van der Waals surface area contributed by atoms with E-state index in [1.54, 1.807) is 23.1 Å². The van der Waals surface area contributed by atoms with Gasteiger partial charge in [0.2, 0.25) is 0 Å². The van der Waals surface area contributed by atoms with Crippen molar-refractivity contribution in [2.24, 2.45) is 0 Å². The van der Waals surface area contributed by atoms with E-state index in [4.69, 9.17) is 4.98 Å². The van der Waals surface area contributed by atoms with Crippen LogP contribution in [0.3, 0.4) is 0 Å². The summed E-state index contributed by atoms with van der Waals surface area (Å²) in [6, 6.07) is 14.5. The lowest BCUT2D eigenvalue weighted by Crippen LogP contribution is -1.86. The van der Waals surface area contributed by atoms with Crippen molar-refractivity contribution < 1.29 is 0 Å². The van der Waals surface area contributed by atoms with E-state index in [1.807, 2.05) is 24.5 Å². The van der Waals surface area contributed by atoms with E-state index in [1.165, 1.54) is 5.56 Å². The normalized spacial score (nSPS) is 10.7. The molecule has 98 valence electrons. The van der Waals surface area contributed by atoms with Crippen LogP contribution in [-0.2, 0) is 0 Å². The van der Waals surface area contributed by atoms with Crippen molar-refractivity contribution in [1.29, 1.82) is 5.26 Å². The van der Waals surface area contributed by atoms with Crippen molar-refractivity contribution in [2.75, 3.05) is 6.26 Å². The third-order valence-electron chi connectivity index (χ3n) is 3.17. The molecule has 2 aromatic carbocycles. The Labute approximate surface area is 126 Å². The minimum absolute atomic E-state index is 0.691. The summed E-state index contributed by atoms with van der Waals surface area (Å²) in [7, 11) is 0. The molecule has 0 saturated carbocycles. The third-order valence-corrected chi connectivity index (χ3v) is 5.17. The molecule has 2 nitrogen and oxygen atoms in total. The van der Waals surface area contributed by atoms with Crippen LogP contribution in [-0.4, -0.2) is 11.2 Å². The van der Waals surface area contributed by atoms with Gasteiger partial charge in [0.05, 0.1) is 10.3 Å². The molecule has 0 radical (unpaired) electrons. The van der Waals surface area contributed by atoms with E-state index in [0.29, 0.717) is 5.56 Å². The molecule has 20 heavy (non-hydrogen) atoms. The molecule has 0 N–H and O–H groups in total. The van der Waals surface area contributed by atoms with Crippen LogP contribution < -0.4 is 0 Å². The number of aromatic nitrogens is 1. The Kier molecular flexibility index (Phi) is 3.47. The minimum Gasteiger partial charge on any atom is -0.235 e. The number of nitriles is 1. The summed E-state index contributed by atoms with van der Waals surface area (Å²) in [5.74, 6) is 0. The maximum Gasteiger partial charge on any atom is 0.124 e. The summed E-state index contributed by atoms with van der Waals surface area (Å²) >= 11 is 3.25. The fraction of sp³-hybridized carbons (Fsp3) is 0.125. The van der Waals surface area contributed by atoms with E-state index >= 15 is 0 Å². The topological polar surface area (TPSA) is 36.7 Å². The first kappa shape index (κ1) is 13.2. The van der Waals surface area contributed by atoms with Gasteiger partial charge >= 0.3 is 0 Å². The third kappa shape index (κ3) is 2.09. The SMILES string of the molecule is CSc1cc(C)c2sc(-c3ccccc3)nc2c1C#N. The molecule has 0 unspecified atom stereocenters. The molecular formula is C16H12N2S2. The molecule has 0 atom stereocenters. The first-order chi connectivity index (χ1) is 9.74. The van der Waals surface area contributed by atoms with Crippen LogP contribution >= 0.6 is 23.1 Å². The van der Waals surface area contributed by atoms with Gasteiger partial charge in [-0.3, -0.25) is 0 Å². The molecule has 0 aliphatic heterocycles. The average molecular weight is 296 g/mol. The molecule has 3 aromatic rings. The van der Waals surface area contributed by atoms with Gasteiger partial charge in [-0.15, -0.1) is 23.1 Å². The van der Waals surface area contributed by atoms with Crippen molar-refractivity contribution in [2.45, 2.75) is 11.8 Å². The molecule has 3 rings (SSSR count). The maximum absolute atomic E-state index is 9.42. The number of fused-ring (bicyclic) bond motifs is 1. The number of hydrogen-bond donors (Lipinski definition) is 0. The number of rotatable bonds is 2. The van der Waals surface area contributed by atoms with E-state index in [-0.39, 0.29) is 0 Å². The van der Waals surface area contributed by atoms with E-state index < -0.39 is 0 Å². The predicted molar refractivity (Wildman–Crippen MR) is 86.3 cm³/mol. The van der Waals surface area contributed by atoms with Gasteiger partial charge in [-0.25, -0.2) is 4.98 Å². The number of benzene rings is 2. The second-order valence-corrected chi connectivity index (χ2v) is 6.29. The standard InChI is InChI=1S/C16H12N2S2/c1-10-8-13(19-2)12(9-17)14-15(10)20-16(18-14)11-6-4-3-5-7-11/h3-8H,1-2H3. The minimum atomic E-state index is 0.691. The van der Waals surface area contributed by atoms with Gasteiger partial charge in [-0.2, -0.15) is 5.26 Å². The van der Waals surface area contributed by atoms with Gasteiger partial charge in [-0.1, -0.05) is 30.3 Å². The first-order valence-electron chi connectivity index (χ1n) is 6.18. The Balaban J connectivity index is 2.31. The molecule has 1 heterocycles. The number of aryl methyl sites for hydroxylation is 1. The van der Waals surface area contributed by atoms with Gasteiger partial charge < -0.3 is 0 Å². The highest BCUT2D eigenvalue weighted by Crippen LogP contribution is 2.37. The summed E-state index contributed by atoms with van der Waals surface area (Å²) < 4.78 is 1.11. The van der Waals surface area contributed by atoms with Crippen LogP contribution in [0.25, 0.3) is 20.8 Å². The largest absolute Gasteiger partial charge is 0.235 e. The first-order valence-corrected chi connectivity index (χ1v) is 8.22. The highest BCUT2D eigenvalue weighted by Gasteiger charge is 2.15. The number of hydrogen-bond acceptors (Lipinski definition) is 4. The summed E-state index contributed by atoms with van der Waals surface area (Å²) in [5, 5.41) is 10.4. The second-order valence-electron chi connectivity index (χ2n) is 4.45. The van der Waals surface area contributed by atoms with Crippen molar-refractivity contribution >= 4 is 33.3 Å². The van der Waals surface area contributed by atoms with Gasteiger partial charge in [0, 0.05) is 10.5 Å². The molecule has 0 aliphatic rings. The molecule has 4 heteroatoms. The predicted octanol–water partition coefficient (Wildman–Crippen LogP) is 4.87. The molecular weight excluding hydrogens is 284 g/mol. The molecule has 0 saturated heterocycles. The van der Waals surface area contributed by atoms with Crippen LogP contribution in [0, 0.1) is 18.3 Å². The van der Waals surface area contributed by atoms with Crippen LogP contribution in [0.5, 0.6) is 0 Å². The van der Waals surface area contributed by atoms with Gasteiger partial charge in [0.15, 0.2) is 0 Å². The van der Waals surface area contributed by atoms with Crippen molar-refractivity contribution in [3.8, 4) is 16.6 Å². The molecule has 0 fully saturated rings. The summed E-state index contributed by atoms with van der Waals surface area (Å²) in [6.45, 7) is 2.08. The fourth-order valence-electron chi connectivity index (χ4n) is 2.18. The van der Waals surface area contributed by atoms with E-state index in [2.05, 4.69) is 31.2 Å². The van der Waals surface area contributed by atoms with Crippen molar-refractivity contribution in [1.82, 2.24) is 4.98 Å².